The van der Waals surface area contributed by atoms with Gasteiger partial charge < -0.3 is 24.6 Å². The van der Waals surface area contributed by atoms with Crippen LogP contribution in [0, 0.1) is 5.82 Å². The molecular weight excluding hydrogens is 369 g/mol. The normalized spacial score (nSPS) is 11.5. The van der Waals surface area contributed by atoms with E-state index in [4.69, 9.17) is 19.3 Å². The fourth-order valence-electron chi connectivity index (χ4n) is 2.48. The summed E-state index contributed by atoms with van der Waals surface area (Å²) in [6, 6.07) is 10.3. The van der Waals surface area contributed by atoms with E-state index in [-0.39, 0.29) is 29.8 Å². The van der Waals surface area contributed by atoms with Crippen molar-refractivity contribution in [3.8, 4) is 11.5 Å². The lowest BCUT2D eigenvalue weighted by atomic mass is 10.1. The highest BCUT2D eigenvalue weighted by atomic mass is 19.1. The molecule has 7 nitrogen and oxygen atoms in total. The second kappa shape index (κ2) is 10.3. The molecule has 1 amide bonds. The minimum absolute atomic E-state index is 0.183. The molecule has 1 unspecified atom stereocenters. The Balaban J connectivity index is 2.06. The molecule has 0 heterocycles. The largest absolute Gasteiger partial charge is 0.490 e. The minimum Gasteiger partial charge on any atom is -0.490 e. The van der Waals surface area contributed by atoms with Gasteiger partial charge in [-0.25, -0.2) is 9.18 Å². The third-order valence-corrected chi connectivity index (χ3v) is 3.83. The van der Waals surface area contributed by atoms with E-state index in [1.54, 1.807) is 19.1 Å². The molecule has 28 heavy (non-hydrogen) atoms. The van der Waals surface area contributed by atoms with Gasteiger partial charge in [0.1, 0.15) is 5.82 Å². The summed E-state index contributed by atoms with van der Waals surface area (Å²) < 4.78 is 29.0. The van der Waals surface area contributed by atoms with Gasteiger partial charge in [-0.2, -0.15) is 0 Å². The molecule has 0 aliphatic carbocycles. The number of ether oxygens (including phenoxy) is 3. The average Bonchev–Trinajstić information content (AvgIpc) is 2.68. The van der Waals surface area contributed by atoms with E-state index < -0.39 is 18.7 Å². The predicted molar refractivity (Wildman–Crippen MR) is 99.2 cm³/mol. The number of carbonyl (C=O) groups excluding carboxylic acids is 1. The van der Waals surface area contributed by atoms with Gasteiger partial charge in [0.25, 0.3) is 5.91 Å². The van der Waals surface area contributed by atoms with Gasteiger partial charge in [0.05, 0.1) is 12.7 Å². The molecule has 0 radical (unpaired) electrons. The molecule has 1 atom stereocenters. The zero-order chi connectivity index (χ0) is 20.5. The summed E-state index contributed by atoms with van der Waals surface area (Å²) in [6.07, 6.45) is -0.436. The maximum atomic E-state index is 13.1. The second-order valence-corrected chi connectivity index (χ2v) is 5.76. The van der Waals surface area contributed by atoms with Crippen LogP contribution in [0.5, 0.6) is 11.5 Å². The second-order valence-electron chi connectivity index (χ2n) is 5.76. The van der Waals surface area contributed by atoms with Gasteiger partial charge >= 0.3 is 5.97 Å². The molecule has 150 valence electrons. The highest BCUT2D eigenvalue weighted by molar-refractivity contribution is 5.94. The monoisotopic (exact) mass is 391 g/mol. The highest BCUT2D eigenvalue weighted by Crippen LogP contribution is 2.28. The van der Waals surface area contributed by atoms with E-state index >= 15 is 0 Å². The fourth-order valence-corrected chi connectivity index (χ4v) is 2.48. The van der Waals surface area contributed by atoms with Crippen molar-refractivity contribution < 1.29 is 33.3 Å². The predicted octanol–water partition coefficient (Wildman–Crippen LogP) is 2.81. The van der Waals surface area contributed by atoms with Crippen LogP contribution in [0.3, 0.4) is 0 Å². The van der Waals surface area contributed by atoms with Crippen LogP contribution in [0.25, 0.3) is 0 Å². The molecule has 0 fully saturated rings. The van der Waals surface area contributed by atoms with Crippen molar-refractivity contribution >= 4 is 11.9 Å². The number of halogens is 1. The Bertz CT molecular complexity index is 809. The molecule has 2 N–H and O–H groups in total. The third kappa shape index (κ3) is 5.95. The molecule has 0 spiro atoms. The molecule has 0 aliphatic heterocycles. The summed E-state index contributed by atoms with van der Waals surface area (Å²) in [5.74, 6) is -1.32. The highest BCUT2D eigenvalue weighted by Gasteiger charge is 2.16. The average molecular weight is 391 g/mol. The first-order valence-corrected chi connectivity index (χ1v) is 8.62. The van der Waals surface area contributed by atoms with Crippen molar-refractivity contribution in [1.29, 1.82) is 0 Å². The van der Waals surface area contributed by atoms with Crippen molar-refractivity contribution in [2.45, 2.75) is 13.0 Å². The van der Waals surface area contributed by atoms with E-state index in [1.807, 2.05) is 0 Å². The number of aliphatic carboxylic acids is 1. The van der Waals surface area contributed by atoms with Gasteiger partial charge in [-0.1, -0.05) is 12.1 Å². The number of carboxylic acids is 1. The van der Waals surface area contributed by atoms with Crippen LogP contribution in [-0.4, -0.2) is 43.9 Å². The van der Waals surface area contributed by atoms with Gasteiger partial charge in [0.15, 0.2) is 18.1 Å². The number of methoxy groups -OCH3 is 1. The van der Waals surface area contributed by atoms with Gasteiger partial charge in [0, 0.05) is 19.2 Å². The summed E-state index contributed by atoms with van der Waals surface area (Å²) in [6.45, 7) is 1.76. The molecule has 2 aromatic rings. The Kier molecular flexibility index (Phi) is 7.76. The topological polar surface area (TPSA) is 94.1 Å². The summed E-state index contributed by atoms with van der Waals surface area (Å²) in [7, 11) is 1.50. The van der Waals surface area contributed by atoms with E-state index in [9.17, 15) is 14.0 Å². The van der Waals surface area contributed by atoms with Gasteiger partial charge in [-0.15, -0.1) is 0 Å². The Labute approximate surface area is 162 Å². The number of rotatable bonds is 10. The number of benzene rings is 2. The van der Waals surface area contributed by atoms with E-state index in [2.05, 4.69) is 5.32 Å². The summed E-state index contributed by atoms with van der Waals surface area (Å²) >= 11 is 0. The lowest BCUT2D eigenvalue weighted by molar-refractivity contribution is -0.139. The lowest BCUT2D eigenvalue weighted by Crippen LogP contribution is -2.29. The number of hydrogen-bond acceptors (Lipinski definition) is 5. The van der Waals surface area contributed by atoms with Crippen molar-refractivity contribution in [3.63, 3.8) is 0 Å². The maximum Gasteiger partial charge on any atom is 0.341 e. The first-order chi connectivity index (χ1) is 13.4. The van der Waals surface area contributed by atoms with Gasteiger partial charge in [-0.05, 0) is 42.8 Å². The smallest absolute Gasteiger partial charge is 0.341 e. The van der Waals surface area contributed by atoms with Crippen LogP contribution in [0.2, 0.25) is 0 Å². The Morgan fingerprint density at radius 1 is 1.11 bits per heavy atom. The summed E-state index contributed by atoms with van der Waals surface area (Å²) in [5, 5.41) is 11.5. The zero-order valence-corrected chi connectivity index (χ0v) is 15.6. The van der Waals surface area contributed by atoms with Crippen LogP contribution in [0.15, 0.2) is 42.5 Å². The molecule has 2 rings (SSSR count). The molecule has 0 saturated carbocycles. The Morgan fingerprint density at radius 3 is 2.43 bits per heavy atom. The molecule has 0 bridgehead atoms. The molecule has 0 aromatic heterocycles. The number of nitrogens with one attached hydrogen (secondary N) is 1. The minimum atomic E-state index is -1.12. The van der Waals surface area contributed by atoms with Gasteiger partial charge in [0.2, 0.25) is 0 Å². The van der Waals surface area contributed by atoms with Crippen LogP contribution in [0.1, 0.15) is 28.9 Å². The van der Waals surface area contributed by atoms with Crippen molar-refractivity contribution in [2.24, 2.45) is 0 Å². The Hall–Kier alpha value is -3.13. The molecular formula is C20H22FNO6. The number of amides is 1. The SMILES string of the molecule is CCOc1cc(C(=O)NCC(OC)c2ccc(F)cc2)ccc1OCC(=O)O. The lowest BCUT2D eigenvalue weighted by Gasteiger charge is -2.17. The van der Waals surface area contributed by atoms with Crippen LogP contribution < -0.4 is 14.8 Å². The van der Waals surface area contributed by atoms with Crippen molar-refractivity contribution in [1.82, 2.24) is 5.32 Å². The number of hydrogen-bond donors (Lipinski definition) is 2. The maximum absolute atomic E-state index is 13.1. The van der Waals surface area contributed by atoms with E-state index in [0.29, 0.717) is 12.2 Å². The molecule has 0 saturated heterocycles. The van der Waals surface area contributed by atoms with E-state index in [0.717, 1.165) is 5.56 Å². The van der Waals surface area contributed by atoms with Gasteiger partial charge in [-0.3, -0.25) is 4.79 Å². The molecule has 0 aliphatic rings. The van der Waals surface area contributed by atoms with Crippen molar-refractivity contribution in [2.75, 3.05) is 26.9 Å². The van der Waals surface area contributed by atoms with E-state index in [1.165, 1.54) is 37.4 Å². The standard InChI is InChI=1S/C20H22FNO6/c1-3-27-17-10-14(6-9-16(17)28-12-19(23)24)20(25)22-11-18(26-2)13-4-7-15(21)8-5-13/h4-10,18H,3,11-12H2,1-2H3,(H,22,25)(H,23,24). The number of carbonyl (C=O) groups is 2. The summed E-state index contributed by atoms with van der Waals surface area (Å²) in [5.41, 5.74) is 1.05. The first kappa shape index (κ1) is 21.2. The molecule has 8 heteroatoms. The van der Waals surface area contributed by atoms with Crippen molar-refractivity contribution in [3.05, 3.63) is 59.4 Å². The first-order valence-electron chi connectivity index (χ1n) is 8.62. The molecule has 2 aromatic carbocycles. The fraction of sp³-hybridized carbons (Fsp3) is 0.300. The summed E-state index contributed by atoms with van der Waals surface area (Å²) in [4.78, 5) is 23.1. The van der Waals surface area contributed by atoms with Crippen LogP contribution in [0.4, 0.5) is 4.39 Å². The van der Waals surface area contributed by atoms with Crippen LogP contribution in [-0.2, 0) is 9.53 Å². The quantitative estimate of drug-likeness (QED) is 0.647. The third-order valence-electron chi connectivity index (χ3n) is 3.83. The Morgan fingerprint density at radius 2 is 1.82 bits per heavy atom. The zero-order valence-electron chi connectivity index (χ0n) is 15.6. The number of carboxylic acid groups (broad SMARTS) is 1. The van der Waals surface area contributed by atoms with Crippen LogP contribution >= 0.6 is 0 Å².